The zero-order chi connectivity index (χ0) is 14.3. The number of hydrogen-bond acceptors (Lipinski definition) is 4. The van der Waals surface area contributed by atoms with Crippen molar-refractivity contribution in [3.05, 3.63) is 18.2 Å². The van der Waals surface area contributed by atoms with E-state index in [1.165, 1.54) is 5.69 Å². The molecule has 0 aliphatic rings. The van der Waals surface area contributed by atoms with Gasteiger partial charge in [0.25, 0.3) is 0 Å². The number of nitrogens with zero attached hydrogens (tertiary/aromatic N) is 3. The second-order valence-corrected chi connectivity index (χ2v) is 5.24. The molecule has 0 aromatic carbocycles. The van der Waals surface area contributed by atoms with E-state index in [0.717, 1.165) is 26.2 Å². The molecule has 0 saturated heterocycles. The maximum atomic E-state index is 6.01. The van der Waals surface area contributed by atoms with Gasteiger partial charge in [-0.25, -0.2) is 4.98 Å². The molecule has 5 heteroatoms. The van der Waals surface area contributed by atoms with E-state index in [1.807, 2.05) is 12.5 Å². The maximum absolute atomic E-state index is 6.01. The first-order valence-electron chi connectivity index (χ1n) is 7.07. The largest absolute Gasteiger partial charge is 0.383 e. The molecule has 0 bridgehead atoms. The molecule has 0 saturated carbocycles. The molecule has 0 fully saturated rings. The summed E-state index contributed by atoms with van der Waals surface area (Å²) in [5, 5.41) is 0. The number of rotatable bonds is 9. The van der Waals surface area contributed by atoms with Crippen molar-refractivity contribution in [2.45, 2.75) is 33.4 Å². The van der Waals surface area contributed by atoms with E-state index < -0.39 is 0 Å². The number of aromatic nitrogens is 2. The molecule has 1 atom stereocenters. The highest BCUT2D eigenvalue weighted by Crippen LogP contribution is 2.20. The predicted octanol–water partition coefficient (Wildman–Crippen LogP) is 1.51. The summed E-state index contributed by atoms with van der Waals surface area (Å²) >= 11 is 0. The van der Waals surface area contributed by atoms with Crippen LogP contribution < -0.4 is 5.73 Å². The Bertz CT molecular complexity index is 351. The van der Waals surface area contributed by atoms with Crippen LogP contribution in [0.1, 0.15) is 32.5 Å². The fourth-order valence-electron chi connectivity index (χ4n) is 2.38. The Morgan fingerprint density at radius 1 is 1.47 bits per heavy atom. The monoisotopic (exact) mass is 268 g/mol. The molecular formula is C14H28N4O. The number of methoxy groups -OCH3 is 1. The smallest absolute Gasteiger partial charge is 0.0948 e. The molecule has 1 rings (SSSR count). The number of ether oxygens (including phenoxy) is 1. The van der Waals surface area contributed by atoms with Crippen LogP contribution in [0.3, 0.4) is 0 Å². The van der Waals surface area contributed by atoms with Gasteiger partial charge < -0.3 is 15.0 Å². The standard InChI is InChI=1S/C14H28N4O/c1-5-17-11-16-9-14(17)13(8-15)18(6-7-19-4)10-12(2)3/h9,11-13H,5-8,10,15H2,1-4H3. The average molecular weight is 268 g/mol. The van der Waals surface area contributed by atoms with Crippen LogP contribution in [0.15, 0.2) is 12.5 Å². The molecule has 110 valence electrons. The van der Waals surface area contributed by atoms with Gasteiger partial charge in [-0.05, 0) is 12.8 Å². The summed E-state index contributed by atoms with van der Waals surface area (Å²) in [4.78, 5) is 6.65. The highest BCUT2D eigenvalue weighted by Gasteiger charge is 2.22. The number of imidazole rings is 1. The Labute approximate surface area is 116 Å². The highest BCUT2D eigenvalue weighted by molar-refractivity contribution is 5.06. The van der Waals surface area contributed by atoms with Crippen LogP contribution in [0.2, 0.25) is 0 Å². The summed E-state index contributed by atoms with van der Waals surface area (Å²) in [5.74, 6) is 0.601. The quantitative estimate of drug-likeness (QED) is 0.737. The molecule has 1 unspecified atom stereocenters. The van der Waals surface area contributed by atoms with Crippen LogP contribution in [-0.4, -0.2) is 47.8 Å². The minimum Gasteiger partial charge on any atom is -0.383 e. The highest BCUT2D eigenvalue weighted by atomic mass is 16.5. The van der Waals surface area contributed by atoms with E-state index in [-0.39, 0.29) is 6.04 Å². The van der Waals surface area contributed by atoms with Crippen molar-refractivity contribution in [3.8, 4) is 0 Å². The van der Waals surface area contributed by atoms with E-state index in [0.29, 0.717) is 12.5 Å². The Hall–Kier alpha value is -0.910. The summed E-state index contributed by atoms with van der Waals surface area (Å²) in [6, 6.07) is 0.208. The van der Waals surface area contributed by atoms with Crippen LogP contribution in [-0.2, 0) is 11.3 Å². The Morgan fingerprint density at radius 2 is 2.21 bits per heavy atom. The first-order valence-corrected chi connectivity index (χ1v) is 7.07. The first-order chi connectivity index (χ1) is 9.13. The van der Waals surface area contributed by atoms with Crippen molar-refractivity contribution in [2.75, 3.05) is 33.4 Å². The maximum Gasteiger partial charge on any atom is 0.0948 e. The first kappa shape index (κ1) is 16.1. The molecule has 0 aliphatic carbocycles. The fraction of sp³-hybridized carbons (Fsp3) is 0.786. The SMILES string of the molecule is CCn1cncc1C(CN)N(CCOC)CC(C)C. The molecule has 0 spiro atoms. The van der Waals surface area contributed by atoms with Gasteiger partial charge in [-0.15, -0.1) is 0 Å². The van der Waals surface area contributed by atoms with E-state index in [4.69, 9.17) is 10.5 Å². The van der Waals surface area contributed by atoms with Crippen molar-refractivity contribution in [1.82, 2.24) is 14.5 Å². The van der Waals surface area contributed by atoms with Crippen molar-refractivity contribution in [1.29, 1.82) is 0 Å². The van der Waals surface area contributed by atoms with Gasteiger partial charge in [-0.1, -0.05) is 13.8 Å². The van der Waals surface area contributed by atoms with Crippen molar-refractivity contribution in [3.63, 3.8) is 0 Å². The average Bonchev–Trinajstić information content (AvgIpc) is 2.84. The van der Waals surface area contributed by atoms with Crippen molar-refractivity contribution < 1.29 is 4.74 Å². The summed E-state index contributed by atoms with van der Waals surface area (Å²) in [7, 11) is 1.74. The second kappa shape index (κ2) is 8.30. The molecule has 1 heterocycles. The fourth-order valence-corrected chi connectivity index (χ4v) is 2.38. The molecular weight excluding hydrogens is 240 g/mol. The van der Waals surface area contributed by atoms with Gasteiger partial charge >= 0.3 is 0 Å². The lowest BCUT2D eigenvalue weighted by Crippen LogP contribution is -2.39. The van der Waals surface area contributed by atoms with Gasteiger partial charge in [-0.2, -0.15) is 0 Å². The summed E-state index contributed by atoms with van der Waals surface area (Å²) < 4.78 is 7.38. The van der Waals surface area contributed by atoms with Crippen molar-refractivity contribution in [2.24, 2.45) is 11.7 Å². The topological polar surface area (TPSA) is 56.3 Å². The van der Waals surface area contributed by atoms with Gasteiger partial charge in [-0.3, -0.25) is 4.90 Å². The van der Waals surface area contributed by atoms with E-state index in [9.17, 15) is 0 Å². The molecule has 19 heavy (non-hydrogen) atoms. The molecule has 0 aliphatic heterocycles. The van der Waals surface area contributed by atoms with Crippen LogP contribution in [0.25, 0.3) is 0 Å². The van der Waals surface area contributed by atoms with Gasteiger partial charge in [0.1, 0.15) is 0 Å². The third-order valence-corrected chi connectivity index (χ3v) is 3.27. The van der Waals surface area contributed by atoms with Gasteiger partial charge in [0.05, 0.1) is 24.7 Å². The minimum absolute atomic E-state index is 0.208. The molecule has 0 radical (unpaired) electrons. The Balaban J connectivity index is 2.88. The van der Waals surface area contributed by atoms with E-state index >= 15 is 0 Å². The zero-order valence-corrected chi connectivity index (χ0v) is 12.7. The lowest BCUT2D eigenvalue weighted by atomic mass is 10.1. The van der Waals surface area contributed by atoms with Crippen LogP contribution >= 0.6 is 0 Å². The third-order valence-electron chi connectivity index (χ3n) is 3.27. The second-order valence-electron chi connectivity index (χ2n) is 5.24. The van der Waals surface area contributed by atoms with Gasteiger partial charge in [0.15, 0.2) is 0 Å². The van der Waals surface area contributed by atoms with Crippen LogP contribution in [0.4, 0.5) is 0 Å². The zero-order valence-electron chi connectivity index (χ0n) is 12.7. The molecule has 2 N–H and O–H groups in total. The molecule has 1 aromatic heterocycles. The number of hydrogen-bond donors (Lipinski definition) is 1. The van der Waals surface area contributed by atoms with Crippen molar-refractivity contribution >= 4 is 0 Å². The lowest BCUT2D eigenvalue weighted by Gasteiger charge is -2.32. The van der Waals surface area contributed by atoms with E-state index in [2.05, 4.69) is 35.2 Å². The molecule has 5 nitrogen and oxygen atoms in total. The van der Waals surface area contributed by atoms with Gasteiger partial charge in [0.2, 0.25) is 0 Å². The Morgan fingerprint density at radius 3 is 2.74 bits per heavy atom. The molecule has 1 aromatic rings. The summed E-state index contributed by atoms with van der Waals surface area (Å²) in [6.07, 6.45) is 3.81. The van der Waals surface area contributed by atoms with E-state index in [1.54, 1.807) is 7.11 Å². The summed E-state index contributed by atoms with van der Waals surface area (Å²) in [6.45, 7) is 10.7. The Kier molecular flexibility index (Phi) is 7.05. The van der Waals surface area contributed by atoms with Gasteiger partial charge in [0, 0.05) is 39.5 Å². The molecule has 0 amide bonds. The predicted molar refractivity (Wildman–Crippen MR) is 78.0 cm³/mol. The van der Waals surface area contributed by atoms with Crippen LogP contribution in [0.5, 0.6) is 0 Å². The minimum atomic E-state index is 0.208. The third kappa shape index (κ3) is 4.60. The normalized spacial score (nSPS) is 13.4. The number of aryl methyl sites for hydroxylation is 1. The number of nitrogens with two attached hydrogens (primary N) is 1. The lowest BCUT2D eigenvalue weighted by molar-refractivity contribution is 0.109. The summed E-state index contributed by atoms with van der Waals surface area (Å²) in [5.41, 5.74) is 7.21. The van der Waals surface area contributed by atoms with Crippen LogP contribution in [0, 0.1) is 5.92 Å².